The number of benzene rings is 1. The largest absolute Gasteiger partial charge is 0.493 e. The second-order valence-electron chi connectivity index (χ2n) is 5.78. The Hall–Kier alpha value is -2.01. The number of thiophene rings is 1. The Morgan fingerprint density at radius 2 is 2.00 bits per heavy atom. The number of carbonyl (C=O) groups excluding carboxylic acids is 1. The van der Waals surface area contributed by atoms with E-state index in [4.69, 9.17) is 9.47 Å². The Morgan fingerprint density at radius 3 is 2.61 bits per heavy atom. The molecule has 1 N–H and O–H groups in total. The van der Waals surface area contributed by atoms with E-state index < -0.39 is 0 Å². The lowest BCUT2D eigenvalue weighted by Crippen LogP contribution is -2.26. The highest BCUT2D eigenvalue weighted by Crippen LogP contribution is 2.29. The number of ether oxygens (including phenoxy) is 2. The average molecular weight is 333 g/mol. The minimum atomic E-state index is -0.125. The first-order valence-corrected chi connectivity index (χ1v) is 8.54. The fourth-order valence-electron chi connectivity index (χ4n) is 2.07. The van der Waals surface area contributed by atoms with Gasteiger partial charge in [0.05, 0.1) is 19.8 Å². The summed E-state index contributed by atoms with van der Waals surface area (Å²) in [5.41, 5.74) is 0.558. The molecule has 0 fully saturated rings. The molecule has 1 atom stereocenters. The van der Waals surface area contributed by atoms with E-state index in [-0.39, 0.29) is 11.9 Å². The summed E-state index contributed by atoms with van der Waals surface area (Å²) in [7, 11) is 1.58. The van der Waals surface area contributed by atoms with Crippen LogP contribution in [0.5, 0.6) is 11.5 Å². The van der Waals surface area contributed by atoms with Crippen molar-refractivity contribution in [2.24, 2.45) is 5.92 Å². The van der Waals surface area contributed by atoms with Crippen molar-refractivity contribution in [3.63, 3.8) is 0 Å². The van der Waals surface area contributed by atoms with Gasteiger partial charge in [-0.2, -0.15) is 0 Å². The molecule has 2 rings (SSSR count). The van der Waals surface area contributed by atoms with Crippen LogP contribution in [0.1, 0.15) is 42.0 Å². The number of methoxy groups -OCH3 is 1. The highest BCUT2D eigenvalue weighted by molar-refractivity contribution is 7.10. The third kappa shape index (κ3) is 4.73. The van der Waals surface area contributed by atoms with Gasteiger partial charge in [0.15, 0.2) is 11.5 Å². The van der Waals surface area contributed by atoms with Crippen molar-refractivity contribution < 1.29 is 14.3 Å². The predicted octanol–water partition coefficient (Wildman–Crippen LogP) is 4.28. The van der Waals surface area contributed by atoms with Gasteiger partial charge >= 0.3 is 0 Å². The molecule has 4 nitrogen and oxygen atoms in total. The zero-order valence-corrected chi connectivity index (χ0v) is 14.8. The zero-order chi connectivity index (χ0) is 16.8. The van der Waals surface area contributed by atoms with E-state index >= 15 is 0 Å². The van der Waals surface area contributed by atoms with E-state index in [0.717, 1.165) is 4.88 Å². The fourth-order valence-corrected chi connectivity index (χ4v) is 2.81. The first-order valence-electron chi connectivity index (χ1n) is 7.66. The van der Waals surface area contributed by atoms with E-state index in [1.165, 1.54) is 0 Å². The van der Waals surface area contributed by atoms with Crippen LogP contribution in [0.25, 0.3) is 0 Å². The van der Waals surface area contributed by atoms with Crippen molar-refractivity contribution in [3.05, 3.63) is 46.2 Å². The normalized spacial score (nSPS) is 12.0. The Labute approximate surface area is 141 Å². The Bertz CT molecular complexity index is 638. The first kappa shape index (κ1) is 17.3. The number of amides is 1. The molecular formula is C18H23NO3S. The van der Waals surface area contributed by atoms with Crippen molar-refractivity contribution in [1.82, 2.24) is 5.32 Å². The van der Waals surface area contributed by atoms with Crippen molar-refractivity contribution >= 4 is 17.2 Å². The number of nitrogens with one attached hydrogen (secondary N) is 1. The second kappa shape index (κ2) is 8.02. The van der Waals surface area contributed by atoms with Gasteiger partial charge in [-0.15, -0.1) is 11.3 Å². The highest BCUT2D eigenvalue weighted by Gasteiger charge is 2.15. The molecule has 1 aromatic heterocycles. The van der Waals surface area contributed by atoms with Crippen LogP contribution in [0, 0.1) is 5.92 Å². The molecule has 124 valence electrons. The van der Waals surface area contributed by atoms with Crippen LogP contribution in [0.3, 0.4) is 0 Å². The maximum atomic E-state index is 12.4. The van der Waals surface area contributed by atoms with Crippen LogP contribution in [0.15, 0.2) is 35.7 Å². The number of carbonyl (C=O) groups is 1. The van der Waals surface area contributed by atoms with Gasteiger partial charge in [-0.1, -0.05) is 19.9 Å². The first-order chi connectivity index (χ1) is 11.0. The van der Waals surface area contributed by atoms with Gasteiger partial charge in [0, 0.05) is 10.4 Å². The van der Waals surface area contributed by atoms with E-state index in [0.29, 0.717) is 29.6 Å². The quantitative estimate of drug-likeness (QED) is 0.822. The second-order valence-corrected chi connectivity index (χ2v) is 6.76. The number of hydrogen-bond acceptors (Lipinski definition) is 4. The lowest BCUT2D eigenvalue weighted by molar-refractivity contribution is 0.0940. The summed E-state index contributed by atoms with van der Waals surface area (Å²) < 4.78 is 11.1. The van der Waals surface area contributed by atoms with Gasteiger partial charge in [0.1, 0.15) is 0 Å². The Balaban J connectivity index is 2.08. The van der Waals surface area contributed by atoms with Crippen LogP contribution in [-0.2, 0) is 0 Å². The molecule has 0 radical (unpaired) electrons. The fraction of sp³-hybridized carbons (Fsp3) is 0.389. The van der Waals surface area contributed by atoms with E-state index in [9.17, 15) is 4.79 Å². The van der Waals surface area contributed by atoms with Crippen molar-refractivity contribution in [3.8, 4) is 11.5 Å². The topological polar surface area (TPSA) is 47.6 Å². The van der Waals surface area contributed by atoms with Crippen LogP contribution in [0.2, 0.25) is 0 Å². The Morgan fingerprint density at radius 1 is 1.22 bits per heavy atom. The molecule has 0 aliphatic carbocycles. The summed E-state index contributed by atoms with van der Waals surface area (Å²) in [6.45, 7) is 6.75. The molecule has 0 saturated heterocycles. The minimum Gasteiger partial charge on any atom is -0.493 e. The van der Waals surface area contributed by atoms with E-state index in [2.05, 4.69) is 19.2 Å². The van der Waals surface area contributed by atoms with Gasteiger partial charge in [-0.25, -0.2) is 0 Å². The standard InChI is InChI=1S/C18H23NO3S/c1-12(2)11-22-15-8-7-14(10-16(15)21-4)18(20)19-13(3)17-6-5-9-23-17/h5-10,12-13H,11H2,1-4H3,(H,19,20). The summed E-state index contributed by atoms with van der Waals surface area (Å²) in [5.74, 6) is 1.53. The molecule has 1 heterocycles. The molecule has 0 spiro atoms. The molecule has 0 aliphatic heterocycles. The lowest BCUT2D eigenvalue weighted by atomic mass is 10.1. The van der Waals surface area contributed by atoms with Gasteiger partial charge < -0.3 is 14.8 Å². The van der Waals surface area contributed by atoms with Crippen LogP contribution in [-0.4, -0.2) is 19.6 Å². The maximum absolute atomic E-state index is 12.4. The SMILES string of the molecule is COc1cc(C(=O)NC(C)c2cccs2)ccc1OCC(C)C. The molecule has 2 aromatic rings. The molecule has 0 bridgehead atoms. The molecule has 23 heavy (non-hydrogen) atoms. The summed E-state index contributed by atoms with van der Waals surface area (Å²) in [6.07, 6.45) is 0. The van der Waals surface area contributed by atoms with Crippen LogP contribution >= 0.6 is 11.3 Å². The van der Waals surface area contributed by atoms with Gasteiger partial charge in [0.25, 0.3) is 5.91 Å². The number of rotatable bonds is 7. The summed E-state index contributed by atoms with van der Waals surface area (Å²) >= 11 is 1.63. The third-order valence-electron chi connectivity index (χ3n) is 3.32. The zero-order valence-electron chi connectivity index (χ0n) is 14.0. The van der Waals surface area contributed by atoms with Crippen LogP contribution < -0.4 is 14.8 Å². The van der Waals surface area contributed by atoms with Gasteiger partial charge in [0.2, 0.25) is 0 Å². The third-order valence-corrected chi connectivity index (χ3v) is 4.37. The monoisotopic (exact) mass is 333 g/mol. The molecule has 0 saturated carbocycles. The molecule has 0 aliphatic rings. The average Bonchev–Trinajstić information content (AvgIpc) is 3.07. The predicted molar refractivity (Wildman–Crippen MR) is 93.5 cm³/mol. The van der Waals surface area contributed by atoms with Gasteiger partial charge in [-0.3, -0.25) is 4.79 Å². The van der Waals surface area contributed by atoms with Crippen molar-refractivity contribution in [2.75, 3.05) is 13.7 Å². The Kier molecular flexibility index (Phi) is 6.04. The summed E-state index contributed by atoms with van der Waals surface area (Å²) in [4.78, 5) is 13.5. The summed E-state index contributed by atoms with van der Waals surface area (Å²) in [6, 6.07) is 9.23. The highest BCUT2D eigenvalue weighted by atomic mass is 32.1. The smallest absolute Gasteiger partial charge is 0.251 e. The van der Waals surface area contributed by atoms with Crippen LogP contribution in [0.4, 0.5) is 0 Å². The van der Waals surface area contributed by atoms with E-state index in [1.54, 1.807) is 36.6 Å². The minimum absolute atomic E-state index is 0.0228. The van der Waals surface area contributed by atoms with Crippen molar-refractivity contribution in [1.29, 1.82) is 0 Å². The van der Waals surface area contributed by atoms with E-state index in [1.807, 2.05) is 24.4 Å². The molecular weight excluding hydrogens is 310 g/mol. The summed E-state index contributed by atoms with van der Waals surface area (Å²) in [5, 5.41) is 5.00. The molecule has 1 aromatic carbocycles. The molecule has 1 amide bonds. The van der Waals surface area contributed by atoms with Crippen molar-refractivity contribution in [2.45, 2.75) is 26.8 Å². The van der Waals surface area contributed by atoms with Gasteiger partial charge in [-0.05, 0) is 42.5 Å². The number of hydrogen-bond donors (Lipinski definition) is 1. The lowest BCUT2D eigenvalue weighted by Gasteiger charge is -2.15. The maximum Gasteiger partial charge on any atom is 0.251 e. The molecule has 1 unspecified atom stereocenters. The molecule has 5 heteroatoms.